The zero-order chi connectivity index (χ0) is 40.3. The van der Waals surface area contributed by atoms with Crippen molar-refractivity contribution in [3.05, 3.63) is 41.0 Å². The predicted molar refractivity (Wildman–Crippen MR) is 195 cm³/mol. The summed E-state index contributed by atoms with van der Waals surface area (Å²) in [4.78, 5) is 37.4. The number of aromatic nitrogens is 2. The van der Waals surface area contributed by atoms with Crippen LogP contribution in [0.15, 0.2) is 18.2 Å². The van der Waals surface area contributed by atoms with Gasteiger partial charge in [0.25, 0.3) is 0 Å². The summed E-state index contributed by atoms with van der Waals surface area (Å²) in [6.07, 6.45) is -5.06. The number of ether oxygens (including phenoxy) is 3. The van der Waals surface area contributed by atoms with Gasteiger partial charge in [-0.3, -0.25) is 15.0 Å². The fraction of sp³-hybridized carbons (Fsp3) is 0.500. The summed E-state index contributed by atoms with van der Waals surface area (Å²) in [5.74, 6) is -3.33. The number of benzene rings is 2. The minimum atomic E-state index is -5.19. The molecule has 2 aromatic heterocycles. The number of anilines is 2. The van der Waals surface area contributed by atoms with E-state index in [0.717, 1.165) is 24.6 Å². The largest absolute Gasteiger partial charge is 0.469 e. The Labute approximate surface area is 321 Å². The van der Waals surface area contributed by atoms with Gasteiger partial charge in [0.05, 0.1) is 34.4 Å². The van der Waals surface area contributed by atoms with E-state index in [2.05, 4.69) is 15.3 Å². The topological polar surface area (TPSA) is 130 Å². The van der Waals surface area contributed by atoms with Crippen molar-refractivity contribution in [2.24, 2.45) is 5.92 Å². The van der Waals surface area contributed by atoms with Crippen LogP contribution in [-0.4, -0.2) is 84.1 Å². The summed E-state index contributed by atoms with van der Waals surface area (Å²) in [5, 5.41) is 11.7. The minimum Gasteiger partial charge on any atom is -0.469 e. The molecule has 298 valence electrons. The van der Waals surface area contributed by atoms with Crippen molar-refractivity contribution in [2.45, 2.75) is 76.4 Å². The number of piperidine rings is 1. The molecule has 0 unspecified atom stereocenters. The van der Waals surface area contributed by atoms with Crippen LogP contribution in [0, 0.1) is 28.9 Å². The Morgan fingerprint density at radius 1 is 1.12 bits per heavy atom. The third-order valence-electron chi connectivity index (χ3n) is 10.5. The molecule has 2 atom stereocenters. The van der Waals surface area contributed by atoms with E-state index in [4.69, 9.17) is 14.2 Å². The number of esters is 1. The van der Waals surface area contributed by atoms with Crippen molar-refractivity contribution < 1.29 is 50.1 Å². The van der Waals surface area contributed by atoms with Crippen LogP contribution in [0.4, 0.5) is 42.0 Å². The summed E-state index contributed by atoms with van der Waals surface area (Å²) in [7, 11) is 1.26. The van der Waals surface area contributed by atoms with Crippen molar-refractivity contribution >= 4 is 55.2 Å². The van der Waals surface area contributed by atoms with Crippen molar-refractivity contribution in [2.75, 3.05) is 50.1 Å². The van der Waals surface area contributed by atoms with Crippen LogP contribution < -0.4 is 15.0 Å². The molecule has 3 fully saturated rings. The minimum absolute atomic E-state index is 0.0513. The number of alkyl halides is 4. The molecule has 1 N–H and O–H groups in total. The lowest BCUT2D eigenvalue weighted by Gasteiger charge is -2.33. The highest BCUT2D eigenvalue weighted by Crippen LogP contribution is 2.49. The first-order chi connectivity index (χ1) is 26.4. The number of halogens is 6. The zero-order valence-corrected chi connectivity index (χ0v) is 31.7. The Kier molecular flexibility index (Phi) is 10.2. The lowest BCUT2D eigenvalue weighted by molar-refractivity contribution is -0.146. The predicted octanol–water partition coefficient (Wildman–Crippen LogP) is 8.37. The number of nitriles is 1. The highest BCUT2D eigenvalue weighted by atomic mass is 32.1. The van der Waals surface area contributed by atoms with E-state index in [-0.39, 0.29) is 77.8 Å². The summed E-state index contributed by atoms with van der Waals surface area (Å²) >= 11 is 0.585. The van der Waals surface area contributed by atoms with E-state index in [1.807, 2.05) is 11.0 Å². The normalized spacial score (nSPS) is 20.7. The molecule has 3 aliphatic heterocycles. The van der Waals surface area contributed by atoms with Crippen molar-refractivity contribution in [3.63, 3.8) is 0 Å². The molecule has 18 heteroatoms. The van der Waals surface area contributed by atoms with Crippen molar-refractivity contribution in [1.29, 1.82) is 5.26 Å². The highest BCUT2D eigenvalue weighted by molar-refractivity contribution is 7.23. The smallest absolute Gasteiger partial charge is 0.417 e. The molecule has 0 radical (unpaired) electrons. The van der Waals surface area contributed by atoms with E-state index in [1.54, 1.807) is 25.7 Å². The molecule has 2 aromatic carbocycles. The molecule has 0 bridgehead atoms. The molecule has 7 rings (SSSR count). The first kappa shape index (κ1) is 39.3. The average molecular weight is 805 g/mol. The number of amides is 1. The third kappa shape index (κ3) is 7.26. The quantitative estimate of drug-likeness (QED) is 0.144. The third-order valence-corrected chi connectivity index (χ3v) is 11.7. The van der Waals surface area contributed by atoms with Crippen LogP contribution in [0.25, 0.3) is 32.1 Å². The van der Waals surface area contributed by atoms with E-state index in [1.165, 1.54) is 7.11 Å². The Bertz CT molecular complexity index is 2260. The Hall–Kier alpha value is -4.89. The van der Waals surface area contributed by atoms with Crippen LogP contribution in [0.2, 0.25) is 0 Å². The first-order valence-electron chi connectivity index (χ1n) is 18.0. The van der Waals surface area contributed by atoms with Crippen LogP contribution in [0.3, 0.4) is 0 Å². The molecule has 11 nitrogen and oxygen atoms in total. The molecule has 5 heterocycles. The van der Waals surface area contributed by atoms with Gasteiger partial charge in [0.1, 0.15) is 46.6 Å². The molecule has 56 heavy (non-hydrogen) atoms. The van der Waals surface area contributed by atoms with Gasteiger partial charge in [0.15, 0.2) is 5.82 Å². The van der Waals surface area contributed by atoms with Gasteiger partial charge in [-0.25, -0.2) is 18.0 Å². The molecular weight excluding hydrogens is 767 g/mol. The maximum atomic E-state index is 17.3. The van der Waals surface area contributed by atoms with Gasteiger partial charge in [-0.1, -0.05) is 6.07 Å². The summed E-state index contributed by atoms with van der Waals surface area (Å²) in [6.45, 7) is 5.93. The highest BCUT2D eigenvalue weighted by Gasteiger charge is 2.49. The van der Waals surface area contributed by atoms with E-state index < -0.39 is 80.9 Å². The number of thiophene rings is 1. The number of nitrogens with one attached hydrogen (secondary N) is 1. The average Bonchev–Trinajstić information content (AvgIpc) is 3.79. The number of hydrogen-bond donors (Lipinski definition) is 1. The number of methoxy groups -OCH3 is 1. The number of fused-ring (bicyclic) bond motifs is 3. The number of carbonyl (C=O) groups excluding carboxylic acids is 2. The molecule has 4 aromatic rings. The van der Waals surface area contributed by atoms with E-state index in [0.29, 0.717) is 24.3 Å². The van der Waals surface area contributed by atoms with Gasteiger partial charge in [0, 0.05) is 42.4 Å². The van der Waals surface area contributed by atoms with Gasteiger partial charge >= 0.3 is 24.2 Å². The van der Waals surface area contributed by atoms with E-state index in [9.17, 15) is 19.2 Å². The lowest BCUT2D eigenvalue weighted by atomic mass is 9.92. The van der Waals surface area contributed by atoms with Crippen LogP contribution in [0.5, 0.6) is 6.01 Å². The second kappa shape index (κ2) is 14.6. The number of nitrogens with zero attached hydrogens (tertiary/aromatic N) is 5. The molecule has 0 saturated carbocycles. The Morgan fingerprint density at radius 3 is 2.52 bits per heavy atom. The molecular formula is C38H38F6N6O5S. The number of carbonyl (C=O) groups is 2. The molecule has 3 saturated heterocycles. The Balaban J connectivity index is 1.41. The second-order valence-electron chi connectivity index (χ2n) is 15.3. The van der Waals surface area contributed by atoms with Crippen molar-refractivity contribution in [3.8, 4) is 23.2 Å². The van der Waals surface area contributed by atoms with Gasteiger partial charge < -0.3 is 19.1 Å². The maximum absolute atomic E-state index is 17.3. The molecule has 0 aliphatic carbocycles. The van der Waals surface area contributed by atoms with Crippen molar-refractivity contribution in [1.82, 2.24) is 14.9 Å². The fourth-order valence-corrected chi connectivity index (χ4v) is 9.16. The van der Waals surface area contributed by atoms with Crippen LogP contribution >= 0.6 is 11.3 Å². The number of hydrogen-bond acceptors (Lipinski definition) is 11. The molecule has 0 spiro atoms. The van der Waals surface area contributed by atoms with Crippen LogP contribution in [0.1, 0.15) is 64.0 Å². The van der Waals surface area contributed by atoms with Gasteiger partial charge in [-0.05, 0) is 70.7 Å². The second-order valence-corrected chi connectivity index (χ2v) is 16.3. The van der Waals surface area contributed by atoms with Gasteiger partial charge in [-0.2, -0.15) is 28.4 Å². The molecule has 1 amide bonds. The van der Waals surface area contributed by atoms with E-state index >= 15 is 22.0 Å². The standard InChI is InChI=1S/C38H38F6N6O5S/c1-36(2,3)55-35(52)48-32-23(16-45)26-21(6-7-25(40)30(26)56-32)27-24(38(42,43)44)14-22-29(28(27)41)46-34(54-18-37-10-5-11-50(37)17-20(39)15-37)47-31(22)49-12-8-19(9-13-49)33(51)53-4/h6-7,14,19-20H,5,8-13,15,17-18H2,1-4H3,(H,48,52)/t20-,37+/m1/s1. The van der Waals surface area contributed by atoms with Crippen LogP contribution in [-0.2, 0) is 20.4 Å². The maximum Gasteiger partial charge on any atom is 0.417 e. The molecule has 3 aliphatic rings. The van der Waals surface area contributed by atoms with Gasteiger partial charge in [0.2, 0.25) is 0 Å². The monoisotopic (exact) mass is 804 g/mol. The SMILES string of the molecule is COC(=O)C1CCN(c2nc(OC[C@@]34CCCN3C[C@H](F)C4)nc3c(F)c(-c4ccc(F)c5sc(NC(=O)OC(C)(C)C)c(C#N)c45)c(C(F)(F)F)cc23)CC1. The lowest BCUT2D eigenvalue weighted by Crippen LogP contribution is -2.43. The zero-order valence-electron chi connectivity index (χ0n) is 30.9. The first-order valence-corrected chi connectivity index (χ1v) is 18.9. The fourth-order valence-electron chi connectivity index (χ4n) is 8.10. The van der Waals surface area contributed by atoms with Gasteiger partial charge in [-0.15, -0.1) is 11.3 Å². The summed E-state index contributed by atoms with van der Waals surface area (Å²) < 4.78 is 109. The summed E-state index contributed by atoms with van der Waals surface area (Å²) in [6, 6.07) is 4.00. The Morgan fingerprint density at radius 2 is 1.86 bits per heavy atom. The summed E-state index contributed by atoms with van der Waals surface area (Å²) in [5.41, 5.74) is -5.49. The number of rotatable bonds is 7.